The molecule has 3 atom stereocenters. The van der Waals surface area contributed by atoms with Crippen molar-refractivity contribution in [1.29, 1.82) is 0 Å². The Hall–Kier alpha value is -1.14. The molecule has 6 heteroatoms. The second-order valence-electron chi connectivity index (χ2n) is 4.35. The third-order valence-electron chi connectivity index (χ3n) is 2.91. The Balaban J connectivity index is 2.59. The van der Waals surface area contributed by atoms with Crippen LogP contribution in [0.4, 0.5) is 0 Å². The van der Waals surface area contributed by atoms with Crippen molar-refractivity contribution in [3.8, 4) is 0 Å². The van der Waals surface area contributed by atoms with Gasteiger partial charge in [-0.2, -0.15) is 0 Å². The van der Waals surface area contributed by atoms with Gasteiger partial charge in [0.05, 0.1) is 19.1 Å². The SMILES string of the molecule is COCOC1CC(OC(C)=O)CC(C(=O)OC)C1. The zero-order chi connectivity index (χ0) is 13.5. The Labute approximate surface area is 107 Å². The number of ether oxygens (including phenoxy) is 4. The van der Waals surface area contributed by atoms with Crippen molar-refractivity contribution in [1.82, 2.24) is 0 Å². The van der Waals surface area contributed by atoms with Gasteiger partial charge in [0, 0.05) is 20.5 Å². The number of hydrogen-bond acceptors (Lipinski definition) is 6. The predicted molar refractivity (Wildman–Crippen MR) is 61.7 cm³/mol. The molecule has 0 amide bonds. The zero-order valence-corrected chi connectivity index (χ0v) is 11.0. The average Bonchev–Trinajstić information content (AvgIpc) is 2.34. The predicted octanol–water partition coefficient (Wildman–Crippen LogP) is 0.880. The van der Waals surface area contributed by atoms with Crippen LogP contribution in [0.3, 0.4) is 0 Å². The summed E-state index contributed by atoms with van der Waals surface area (Å²) >= 11 is 0. The van der Waals surface area contributed by atoms with Crippen LogP contribution < -0.4 is 0 Å². The lowest BCUT2D eigenvalue weighted by Gasteiger charge is -2.32. The highest BCUT2D eigenvalue weighted by atomic mass is 16.7. The Morgan fingerprint density at radius 1 is 1.11 bits per heavy atom. The summed E-state index contributed by atoms with van der Waals surface area (Å²) in [5.41, 5.74) is 0. The Morgan fingerprint density at radius 2 is 1.78 bits per heavy atom. The average molecular weight is 260 g/mol. The van der Waals surface area contributed by atoms with E-state index in [0.29, 0.717) is 19.3 Å². The van der Waals surface area contributed by atoms with E-state index < -0.39 is 0 Å². The lowest BCUT2D eigenvalue weighted by Crippen LogP contribution is -2.37. The maximum atomic E-state index is 11.6. The van der Waals surface area contributed by atoms with Gasteiger partial charge in [-0.1, -0.05) is 0 Å². The minimum absolute atomic E-state index is 0.158. The molecule has 0 aromatic heterocycles. The molecule has 1 saturated carbocycles. The first-order chi connectivity index (χ1) is 8.56. The Kier molecular flexibility index (Phi) is 6.07. The maximum Gasteiger partial charge on any atom is 0.308 e. The first-order valence-corrected chi connectivity index (χ1v) is 5.92. The highest BCUT2D eigenvalue weighted by molar-refractivity contribution is 5.72. The summed E-state index contributed by atoms with van der Waals surface area (Å²) in [7, 11) is 2.88. The molecule has 1 rings (SSSR count). The normalized spacial score (nSPS) is 27.6. The molecule has 0 aliphatic heterocycles. The highest BCUT2D eigenvalue weighted by Crippen LogP contribution is 2.29. The zero-order valence-electron chi connectivity index (χ0n) is 11.0. The van der Waals surface area contributed by atoms with E-state index in [1.165, 1.54) is 21.1 Å². The molecule has 0 heterocycles. The van der Waals surface area contributed by atoms with Gasteiger partial charge in [-0.15, -0.1) is 0 Å². The van der Waals surface area contributed by atoms with Crippen molar-refractivity contribution < 1.29 is 28.5 Å². The van der Waals surface area contributed by atoms with Gasteiger partial charge < -0.3 is 18.9 Å². The molecule has 0 aromatic rings. The second-order valence-corrected chi connectivity index (χ2v) is 4.35. The van der Waals surface area contributed by atoms with Crippen LogP contribution >= 0.6 is 0 Å². The third kappa shape index (κ3) is 4.62. The van der Waals surface area contributed by atoms with Crippen LogP contribution in [-0.2, 0) is 28.5 Å². The Morgan fingerprint density at radius 3 is 2.33 bits per heavy atom. The summed E-state index contributed by atoms with van der Waals surface area (Å²) in [6.45, 7) is 1.51. The van der Waals surface area contributed by atoms with Crippen molar-refractivity contribution >= 4 is 11.9 Å². The lowest BCUT2D eigenvalue weighted by molar-refractivity contribution is -0.165. The highest BCUT2D eigenvalue weighted by Gasteiger charge is 2.35. The largest absolute Gasteiger partial charge is 0.469 e. The van der Waals surface area contributed by atoms with E-state index in [1.54, 1.807) is 0 Å². The minimum atomic E-state index is -0.351. The van der Waals surface area contributed by atoms with E-state index in [4.69, 9.17) is 18.9 Å². The summed E-state index contributed by atoms with van der Waals surface area (Å²) in [5.74, 6) is -0.941. The number of rotatable bonds is 5. The number of hydrogen-bond donors (Lipinski definition) is 0. The summed E-state index contributed by atoms with van der Waals surface area (Å²) in [6.07, 6.45) is 1.16. The van der Waals surface area contributed by atoms with Gasteiger partial charge in [-0.3, -0.25) is 9.59 Å². The van der Waals surface area contributed by atoms with Gasteiger partial charge in [-0.05, 0) is 12.8 Å². The van der Waals surface area contributed by atoms with Crippen LogP contribution in [0.1, 0.15) is 26.2 Å². The van der Waals surface area contributed by atoms with E-state index in [9.17, 15) is 9.59 Å². The van der Waals surface area contributed by atoms with Crippen molar-refractivity contribution in [2.75, 3.05) is 21.0 Å². The lowest BCUT2D eigenvalue weighted by atomic mass is 9.85. The van der Waals surface area contributed by atoms with Gasteiger partial charge in [0.1, 0.15) is 12.9 Å². The summed E-state index contributed by atoms with van der Waals surface area (Å²) in [5, 5.41) is 0. The number of carbonyl (C=O) groups excluding carboxylic acids is 2. The van der Waals surface area contributed by atoms with Crippen molar-refractivity contribution in [3.05, 3.63) is 0 Å². The second kappa shape index (κ2) is 7.33. The van der Waals surface area contributed by atoms with Gasteiger partial charge in [0.15, 0.2) is 0 Å². The number of esters is 2. The molecule has 6 nitrogen and oxygen atoms in total. The van der Waals surface area contributed by atoms with Crippen LogP contribution in [0.2, 0.25) is 0 Å². The molecule has 3 unspecified atom stereocenters. The van der Waals surface area contributed by atoms with Crippen molar-refractivity contribution in [2.45, 2.75) is 38.4 Å². The van der Waals surface area contributed by atoms with Crippen LogP contribution in [0.15, 0.2) is 0 Å². The first-order valence-electron chi connectivity index (χ1n) is 5.92. The van der Waals surface area contributed by atoms with Crippen molar-refractivity contribution in [3.63, 3.8) is 0 Å². The molecule has 18 heavy (non-hydrogen) atoms. The van der Waals surface area contributed by atoms with Crippen molar-refractivity contribution in [2.24, 2.45) is 5.92 Å². The molecule has 1 fully saturated rings. The van der Waals surface area contributed by atoms with Gasteiger partial charge in [0.2, 0.25) is 0 Å². The molecule has 0 aromatic carbocycles. The molecule has 104 valence electrons. The molecular formula is C12H20O6. The Bertz CT molecular complexity index is 290. The molecule has 0 radical (unpaired) electrons. The molecule has 1 aliphatic carbocycles. The van der Waals surface area contributed by atoms with E-state index in [1.807, 2.05) is 0 Å². The van der Waals surface area contributed by atoms with Gasteiger partial charge in [0.25, 0.3) is 0 Å². The molecule has 0 saturated heterocycles. The van der Waals surface area contributed by atoms with Crippen LogP contribution in [0, 0.1) is 5.92 Å². The van der Waals surface area contributed by atoms with Crippen LogP contribution in [0.25, 0.3) is 0 Å². The molecule has 0 spiro atoms. The van der Waals surface area contributed by atoms with Crippen LogP contribution in [0.5, 0.6) is 0 Å². The smallest absolute Gasteiger partial charge is 0.308 e. The fourth-order valence-corrected chi connectivity index (χ4v) is 2.21. The first kappa shape index (κ1) is 14.9. The molecular weight excluding hydrogens is 240 g/mol. The minimum Gasteiger partial charge on any atom is -0.469 e. The molecule has 1 aliphatic rings. The summed E-state index contributed by atoms with van der Waals surface area (Å²) < 4.78 is 20.2. The fourth-order valence-electron chi connectivity index (χ4n) is 2.21. The van der Waals surface area contributed by atoms with E-state index >= 15 is 0 Å². The molecule has 0 bridgehead atoms. The summed E-state index contributed by atoms with van der Waals surface area (Å²) in [4.78, 5) is 22.5. The number of carbonyl (C=O) groups is 2. The summed E-state index contributed by atoms with van der Waals surface area (Å²) in [6, 6.07) is 0. The number of methoxy groups -OCH3 is 2. The van der Waals surface area contributed by atoms with E-state index in [0.717, 1.165) is 0 Å². The quantitative estimate of drug-likeness (QED) is 0.540. The standard InChI is InChI=1S/C12H20O6/c1-8(13)18-11-5-9(12(14)16-3)4-10(6-11)17-7-15-2/h9-11H,4-7H2,1-3H3. The third-order valence-corrected chi connectivity index (χ3v) is 2.91. The fraction of sp³-hybridized carbons (Fsp3) is 0.833. The van der Waals surface area contributed by atoms with Crippen LogP contribution in [-0.4, -0.2) is 45.2 Å². The molecule has 0 N–H and O–H groups in total. The van der Waals surface area contributed by atoms with E-state index in [-0.39, 0.29) is 36.9 Å². The topological polar surface area (TPSA) is 71.1 Å². The van der Waals surface area contributed by atoms with Gasteiger partial charge in [-0.25, -0.2) is 0 Å². The van der Waals surface area contributed by atoms with E-state index in [2.05, 4.69) is 0 Å². The van der Waals surface area contributed by atoms with Gasteiger partial charge >= 0.3 is 11.9 Å². The maximum absolute atomic E-state index is 11.6. The monoisotopic (exact) mass is 260 g/mol.